The van der Waals surface area contributed by atoms with Crippen molar-refractivity contribution in [1.82, 2.24) is 0 Å². The maximum atomic E-state index is 10.8. The van der Waals surface area contributed by atoms with E-state index < -0.39 is 10.0 Å². The molecule has 72 valence electrons. The van der Waals surface area contributed by atoms with Crippen LogP contribution in [-0.4, -0.2) is 10.3 Å². The van der Waals surface area contributed by atoms with Gasteiger partial charge in [0.2, 0.25) is 0 Å². The van der Waals surface area contributed by atoms with E-state index in [9.17, 15) is 4.21 Å². The lowest BCUT2D eigenvalue weighted by atomic mass is 10.3. The van der Waals surface area contributed by atoms with Crippen LogP contribution in [0.5, 0.6) is 5.75 Å². The van der Waals surface area contributed by atoms with E-state index in [0.717, 1.165) is 5.75 Å². The lowest BCUT2D eigenvalue weighted by molar-refractivity contribution is 0.242. The molecule has 0 aliphatic carbocycles. The molecular weight excluding hydrogens is 208 g/mol. The molecule has 1 aromatic rings. The van der Waals surface area contributed by atoms with Crippen molar-refractivity contribution in [2.24, 2.45) is 0 Å². The van der Waals surface area contributed by atoms with Gasteiger partial charge in [-0.1, -0.05) is 0 Å². The van der Waals surface area contributed by atoms with Crippen molar-refractivity contribution in [1.29, 1.82) is 0 Å². The Morgan fingerprint density at radius 3 is 2.23 bits per heavy atom. The Labute approximate surface area is 84.8 Å². The van der Waals surface area contributed by atoms with Crippen LogP contribution in [0.3, 0.4) is 0 Å². The Balaban J connectivity index is 2.75. The zero-order chi connectivity index (χ0) is 9.84. The second kappa shape index (κ2) is 4.63. The minimum atomic E-state index is -1.43. The van der Waals surface area contributed by atoms with Crippen LogP contribution in [0.2, 0.25) is 0 Å². The number of ether oxygens (including phenoxy) is 1. The van der Waals surface area contributed by atoms with E-state index in [1.807, 2.05) is 13.8 Å². The second-order valence-electron chi connectivity index (χ2n) is 2.86. The third-order valence-corrected chi connectivity index (χ3v) is 2.56. The zero-order valence-electron chi connectivity index (χ0n) is 7.49. The van der Waals surface area contributed by atoms with Gasteiger partial charge in [-0.3, -0.25) is 0 Å². The molecule has 0 fully saturated rings. The molecule has 0 heterocycles. The summed E-state index contributed by atoms with van der Waals surface area (Å²) in [5, 5.41) is 0. The van der Waals surface area contributed by atoms with Gasteiger partial charge in [-0.15, -0.1) is 0 Å². The lowest BCUT2D eigenvalue weighted by Gasteiger charge is -2.08. The maximum Gasteiger partial charge on any atom is 0.147 e. The van der Waals surface area contributed by atoms with Crippen LogP contribution in [0.1, 0.15) is 13.8 Å². The quantitative estimate of drug-likeness (QED) is 0.730. The van der Waals surface area contributed by atoms with E-state index in [-0.39, 0.29) is 6.10 Å². The van der Waals surface area contributed by atoms with E-state index in [2.05, 4.69) is 0 Å². The lowest BCUT2D eigenvalue weighted by Crippen LogP contribution is -2.05. The van der Waals surface area contributed by atoms with Gasteiger partial charge >= 0.3 is 0 Å². The van der Waals surface area contributed by atoms with Crippen molar-refractivity contribution in [2.45, 2.75) is 24.8 Å². The predicted molar refractivity (Wildman–Crippen MR) is 54.5 cm³/mol. The van der Waals surface area contributed by atoms with Crippen molar-refractivity contribution < 1.29 is 8.95 Å². The van der Waals surface area contributed by atoms with E-state index in [0.29, 0.717) is 4.90 Å². The van der Waals surface area contributed by atoms with Crippen LogP contribution in [-0.2, 0) is 10.0 Å². The molecule has 0 N–H and O–H groups in total. The number of rotatable bonds is 3. The molecule has 4 heteroatoms. The van der Waals surface area contributed by atoms with E-state index in [4.69, 9.17) is 15.4 Å². The Kier molecular flexibility index (Phi) is 3.75. The Hall–Kier alpha value is -0.540. The summed E-state index contributed by atoms with van der Waals surface area (Å²) in [6, 6.07) is 6.91. The first-order valence-corrected chi connectivity index (χ1v) is 5.92. The van der Waals surface area contributed by atoms with Crippen molar-refractivity contribution in [3.05, 3.63) is 24.3 Å². The first-order valence-electron chi connectivity index (χ1n) is 3.94. The van der Waals surface area contributed by atoms with Crippen LogP contribution in [0.4, 0.5) is 0 Å². The van der Waals surface area contributed by atoms with Crippen molar-refractivity contribution >= 4 is 20.7 Å². The summed E-state index contributed by atoms with van der Waals surface area (Å²) in [6.07, 6.45) is 0.146. The standard InChI is InChI=1S/C9H11ClO2S/c1-7(2)12-8-3-5-9(6-4-8)13(10)11/h3-7H,1-2H3. The van der Waals surface area contributed by atoms with Crippen LogP contribution < -0.4 is 4.74 Å². The fourth-order valence-electron chi connectivity index (χ4n) is 0.897. The Morgan fingerprint density at radius 1 is 1.31 bits per heavy atom. The predicted octanol–water partition coefficient (Wildman–Crippen LogP) is 2.74. The number of hydrogen-bond acceptors (Lipinski definition) is 2. The maximum absolute atomic E-state index is 10.8. The first-order chi connectivity index (χ1) is 6.09. The van der Waals surface area contributed by atoms with E-state index in [1.54, 1.807) is 24.3 Å². The molecule has 2 nitrogen and oxygen atoms in total. The normalized spacial score (nSPS) is 12.9. The summed E-state index contributed by atoms with van der Waals surface area (Å²) < 4.78 is 16.2. The highest BCUT2D eigenvalue weighted by molar-refractivity contribution is 8.08. The van der Waals surface area contributed by atoms with E-state index >= 15 is 0 Å². The fourth-order valence-corrected chi connectivity index (χ4v) is 1.56. The molecule has 13 heavy (non-hydrogen) atoms. The van der Waals surface area contributed by atoms with Gasteiger partial charge in [0.05, 0.1) is 11.0 Å². The molecule has 0 aliphatic rings. The van der Waals surface area contributed by atoms with E-state index in [1.165, 1.54) is 0 Å². The fraction of sp³-hybridized carbons (Fsp3) is 0.333. The molecule has 1 atom stereocenters. The van der Waals surface area contributed by atoms with Crippen molar-refractivity contribution in [2.75, 3.05) is 0 Å². The Morgan fingerprint density at radius 2 is 1.85 bits per heavy atom. The molecule has 0 aliphatic heterocycles. The largest absolute Gasteiger partial charge is 0.491 e. The smallest absolute Gasteiger partial charge is 0.147 e. The Bertz CT molecular complexity index is 295. The molecule has 0 saturated carbocycles. The minimum Gasteiger partial charge on any atom is -0.491 e. The highest BCUT2D eigenvalue weighted by atomic mass is 35.7. The highest BCUT2D eigenvalue weighted by Crippen LogP contribution is 2.17. The van der Waals surface area contributed by atoms with Gasteiger partial charge in [0.15, 0.2) is 0 Å². The van der Waals surface area contributed by atoms with Gasteiger partial charge < -0.3 is 4.74 Å². The summed E-state index contributed by atoms with van der Waals surface area (Å²) in [7, 11) is 3.96. The molecule has 0 amide bonds. The van der Waals surface area contributed by atoms with Crippen LogP contribution in [0.25, 0.3) is 0 Å². The third kappa shape index (κ3) is 3.36. The monoisotopic (exact) mass is 218 g/mol. The SMILES string of the molecule is CC(C)Oc1ccc(S(=O)Cl)cc1. The summed E-state index contributed by atoms with van der Waals surface area (Å²) >= 11 is 0. The molecule has 0 radical (unpaired) electrons. The number of benzene rings is 1. The molecular formula is C9H11ClO2S. The molecule has 0 bridgehead atoms. The number of hydrogen-bond donors (Lipinski definition) is 0. The average molecular weight is 219 g/mol. The van der Waals surface area contributed by atoms with Gasteiger partial charge in [-0.05, 0) is 48.8 Å². The first kappa shape index (κ1) is 10.5. The highest BCUT2D eigenvalue weighted by Gasteiger charge is 2.00. The van der Waals surface area contributed by atoms with Gasteiger partial charge in [-0.2, -0.15) is 0 Å². The van der Waals surface area contributed by atoms with Gasteiger partial charge in [0.25, 0.3) is 0 Å². The molecule has 1 aromatic carbocycles. The van der Waals surface area contributed by atoms with Crippen molar-refractivity contribution in [3.8, 4) is 5.75 Å². The molecule has 0 aromatic heterocycles. The third-order valence-electron chi connectivity index (χ3n) is 1.38. The van der Waals surface area contributed by atoms with Crippen molar-refractivity contribution in [3.63, 3.8) is 0 Å². The number of halogens is 1. The van der Waals surface area contributed by atoms with Crippen LogP contribution in [0, 0.1) is 0 Å². The summed E-state index contributed by atoms with van der Waals surface area (Å²) in [5.41, 5.74) is 0. The topological polar surface area (TPSA) is 26.3 Å². The molecule has 1 rings (SSSR count). The van der Waals surface area contributed by atoms with Gasteiger partial charge in [0, 0.05) is 0 Å². The second-order valence-corrected chi connectivity index (χ2v) is 4.62. The molecule has 0 saturated heterocycles. The summed E-state index contributed by atoms with van der Waals surface area (Å²) in [6.45, 7) is 3.90. The van der Waals surface area contributed by atoms with Gasteiger partial charge in [-0.25, -0.2) is 4.21 Å². The van der Waals surface area contributed by atoms with Crippen LogP contribution >= 0.6 is 10.7 Å². The molecule has 1 unspecified atom stereocenters. The van der Waals surface area contributed by atoms with Crippen LogP contribution in [0.15, 0.2) is 29.2 Å². The van der Waals surface area contributed by atoms with Gasteiger partial charge in [0.1, 0.15) is 15.8 Å². The molecule has 0 spiro atoms. The summed E-state index contributed by atoms with van der Waals surface area (Å²) in [5.74, 6) is 0.765. The zero-order valence-corrected chi connectivity index (χ0v) is 9.06. The average Bonchev–Trinajstić information content (AvgIpc) is 2.04. The minimum absolute atomic E-state index is 0.146. The summed E-state index contributed by atoms with van der Waals surface area (Å²) in [4.78, 5) is 0.595.